The van der Waals surface area contributed by atoms with Crippen molar-refractivity contribution in [3.8, 4) is 5.75 Å². The summed E-state index contributed by atoms with van der Waals surface area (Å²) < 4.78 is 12.4. The second-order valence-corrected chi connectivity index (χ2v) is 7.61. The molecule has 0 spiro atoms. The lowest BCUT2D eigenvalue weighted by Crippen LogP contribution is -2.08. The number of para-hydroxylation sites is 2. The predicted octanol–water partition coefficient (Wildman–Crippen LogP) is 5.89. The van der Waals surface area contributed by atoms with Gasteiger partial charge in [0.2, 0.25) is 0 Å². The topological polar surface area (TPSA) is 48.4 Å². The molecule has 140 valence electrons. The number of benzene rings is 3. The number of aromatic nitrogens is 1. The fourth-order valence-corrected chi connectivity index (χ4v) is 3.70. The minimum atomic E-state index is -0.439. The van der Waals surface area contributed by atoms with E-state index in [1.807, 2.05) is 42.5 Å². The van der Waals surface area contributed by atoms with Crippen molar-refractivity contribution in [3.05, 3.63) is 94.0 Å². The number of halogens is 1. The maximum Gasteiger partial charge on any atom is 0.342 e. The molecule has 0 unspecified atom stereocenters. The SMILES string of the molecule is O=C(OCc1nc2ccccc2s1)c1ccccc1OCc1ccc(Cl)cc1. The lowest BCUT2D eigenvalue weighted by atomic mass is 10.2. The fraction of sp³-hybridized carbons (Fsp3) is 0.0909. The molecule has 0 fully saturated rings. The summed E-state index contributed by atoms with van der Waals surface area (Å²) in [7, 11) is 0. The molecule has 0 aliphatic carbocycles. The Balaban J connectivity index is 1.43. The van der Waals surface area contributed by atoms with Gasteiger partial charge in [0, 0.05) is 5.02 Å². The van der Waals surface area contributed by atoms with Gasteiger partial charge in [-0.3, -0.25) is 0 Å². The molecule has 28 heavy (non-hydrogen) atoms. The monoisotopic (exact) mass is 409 g/mol. The van der Waals surface area contributed by atoms with E-state index in [0.717, 1.165) is 20.8 Å². The summed E-state index contributed by atoms with van der Waals surface area (Å²) >= 11 is 7.42. The van der Waals surface area contributed by atoms with Gasteiger partial charge in [0.25, 0.3) is 0 Å². The molecule has 0 bridgehead atoms. The van der Waals surface area contributed by atoms with Crippen LogP contribution in [-0.2, 0) is 18.0 Å². The average Bonchev–Trinajstić information content (AvgIpc) is 3.15. The number of rotatable bonds is 6. The summed E-state index contributed by atoms with van der Waals surface area (Å²) in [4.78, 5) is 17.1. The first kappa shape index (κ1) is 18.5. The van der Waals surface area contributed by atoms with E-state index in [4.69, 9.17) is 21.1 Å². The van der Waals surface area contributed by atoms with Crippen molar-refractivity contribution in [3.63, 3.8) is 0 Å². The molecule has 4 nitrogen and oxygen atoms in total. The summed E-state index contributed by atoms with van der Waals surface area (Å²) in [5, 5.41) is 1.43. The number of thiazole rings is 1. The Labute approximate surface area is 171 Å². The maximum atomic E-state index is 12.6. The molecule has 0 aliphatic rings. The van der Waals surface area contributed by atoms with E-state index in [0.29, 0.717) is 22.9 Å². The molecule has 0 saturated heterocycles. The van der Waals surface area contributed by atoms with Crippen molar-refractivity contribution in [1.29, 1.82) is 0 Å². The zero-order valence-electron chi connectivity index (χ0n) is 14.8. The molecule has 1 aromatic heterocycles. The van der Waals surface area contributed by atoms with Gasteiger partial charge in [-0.25, -0.2) is 9.78 Å². The van der Waals surface area contributed by atoms with Gasteiger partial charge in [0.05, 0.1) is 10.2 Å². The quantitative estimate of drug-likeness (QED) is 0.373. The van der Waals surface area contributed by atoms with E-state index in [1.165, 1.54) is 11.3 Å². The first-order chi connectivity index (χ1) is 13.7. The number of hydrogen-bond acceptors (Lipinski definition) is 5. The minimum Gasteiger partial charge on any atom is -0.488 e. The molecule has 4 aromatic rings. The standard InChI is InChI=1S/C22H16ClNO3S/c23-16-11-9-15(10-12-16)13-26-19-7-3-1-5-17(19)22(25)27-14-21-24-18-6-2-4-8-20(18)28-21/h1-12H,13-14H2. The van der Waals surface area contributed by atoms with Gasteiger partial charge in [-0.2, -0.15) is 0 Å². The van der Waals surface area contributed by atoms with Crippen molar-refractivity contribution < 1.29 is 14.3 Å². The van der Waals surface area contributed by atoms with E-state index in [9.17, 15) is 4.79 Å². The van der Waals surface area contributed by atoms with Crippen LogP contribution in [0.3, 0.4) is 0 Å². The van der Waals surface area contributed by atoms with Gasteiger partial charge in [0.1, 0.15) is 29.5 Å². The molecule has 0 saturated carbocycles. The summed E-state index contributed by atoms with van der Waals surface area (Å²) in [5.74, 6) is 0.0395. The van der Waals surface area contributed by atoms with E-state index >= 15 is 0 Å². The highest BCUT2D eigenvalue weighted by Crippen LogP contribution is 2.24. The third kappa shape index (κ3) is 4.32. The molecule has 6 heteroatoms. The Kier molecular flexibility index (Phi) is 5.55. The highest BCUT2D eigenvalue weighted by molar-refractivity contribution is 7.18. The highest BCUT2D eigenvalue weighted by atomic mass is 35.5. The lowest BCUT2D eigenvalue weighted by molar-refractivity contribution is 0.0467. The van der Waals surface area contributed by atoms with Crippen molar-refractivity contribution in [1.82, 2.24) is 4.98 Å². The van der Waals surface area contributed by atoms with E-state index in [2.05, 4.69) is 4.98 Å². The van der Waals surface area contributed by atoms with Crippen molar-refractivity contribution in [2.75, 3.05) is 0 Å². The Morgan fingerprint density at radius 3 is 2.50 bits per heavy atom. The molecular weight excluding hydrogens is 394 g/mol. The predicted molar refractivity (Wildman–Crippen MR) is 111 cm³/mol. The molecule has 4 rings (SSSR count). The van der Waals surface area contributed by atoms with Crippen LogP contribution in [0.5, 0.6) is 5.75 Å². The smallest absolute Gasteiger partial charge is 0.342 e. The van der Waals surface area contributed by atoms with Gasteiger partial charge in [-0.05, 0) is 42.0 Å². The van der Waals surface area contributed by atoms with Gasteiger partial charge >= 0.3 is 5.97 Å². The van der Waals surface area contributed by atoms with Crippen LogP contribution in [0, 0.1) is 0 Å². The zero-order chi connectivity index (χ0) is 19.3. The average molecular weight is 410 g/mol. The molecule has 1 heterocycles. The van der Waals surface area contributed by atoms with Crippen LogP contribution in [0.4, 0.5) is 0 Å². The Bertz CT molecular complexity index is 1080. The van der Waals surface area contributed by atoms with Crippen LogP contribution in [-0.4, -0.2) is 11.0 Å². The number of ether oxygens (including phenoxy) is 2. The van der Waals surface area contributed by atoms with Crippen molar-refractivity contribution in [2.45, 2.75) is 13.2 Å². The Morgan fingerprint density at radius 2 is 1.68 bits per heavy atom. The first-order valence-electron chi connectivity index (χ1n) is 8.67. The fourth-order valence-electron chi connectivity index (χ4n) is 2.69. The minimum absolute atomic E-state index is 0.129. The largest absolute Gasteiger partial charge is 0.488 e. The molecule has 3 aromatic carbocycles. The molecule has 0 aliphatic heterocycles. The molecular formula is C22H16ClNO3S. The van der Waals surface area contributed by atoms with Crippen LogP contribution in [0.1, 0.15) is 20.9 Å². The number of esters is 1. The second kappa shape index (κ2) is 8.42. The zero-order valence-corrected chi connectivity index (χ0v) is 16.4. The summed E-state index contributed by atoms with van der Waals surface area (Å²) in [6.45, 7) is 0.461. The van der Waals surface area contributed by atoms with E-state index in [-0.39, 0.29) is 6.61 Å². The third-order valence-electron chi connectivity index (χ3n) is 4.08. The number of nitrogens with zero attached hydrogens (tertiary/aromatic N) is 1. The Hall–Kier alpha value is -2.89. The maximum absolute atomic E-state index is 12.6. The number of hydrogen-bond donors (Lipinski definition) is 0. The summed E-state index contributed by atoms with van der Waals surface area (Å²) in [5.41, 5.74) is 2.25. The molecule has 0 N–H and O–H groups in total. The molecule has 0 radical (unpaired) electrons. The van der Waals surface area contributed by atoms with Gasteiger partial charge < -0.3 is 9.47 Å². The van der Waals surface area contributed by atoms with Crippen LogP contribution in [0.25, 0.3) is 10.2 Å². The normalized spacial score (nSPS) is 10.8. The van der Waals surface area contributed by atoms with E-state index in [1.54, 1.807) is 30.3 Å². The van der Waals surface area contributed by atoms with Crippen molar-refractivity contribution >= 4 is 39.1 Å². The lowest BCUT2D eigenvalue weighted by Gasteiger charge is -2.11. The van der Waals surface area contributed by atoms with Gasteiger partial charge in [-0.15, -0.1) is 11.3 Å². The van der Waals surface area contributed by atoms with Gasteiger partial charge in [0.15, 0.2) is 0 Å². The summed E-state index contributed by atoms with van der Waals surface area (Å²) in [6, 6.07) is 22.3. The first-order valence-corrected chi connectivity index (χ1v) is 9.86. The third-order valence-corrected chi connectivity index (χ3v) is 5.34. The van der Waals surface area contributed by atoms with Gasteiger partial charge in [-0.1, -0.05) is 48.0 Å². The van der Waals surface area contributed by atoms with Crippen LogP contribution < -0.4 is 4.74 Å². The molecule has 0 amide bonds. The Morgan fingerprint density at radius 1 is 0.929 bits per heavy atom. The van der Waals surface area contributed by atoms with Crippen molar-refractivity contribution in [2.24, 2.45) is 0 Å². The molecule has 0 atom stereocenters. The van der Waals surface area contributed by atoms with Crippen LogP contribution in [0.15, 0.2) is 72.8 Å². The number of carbonyl (C=O) groups excluding carboxylic acids is 1. The van der Waals surface area contributed by atoms with Crippen LogP contribution in [0.2, 0.25) is 5.02 Å². The number of fused-ring (bicyclic) bond motifs is 1. The van der Waals surface area contributed by atoms with E-state index < -0.39 is 5.97 Å². The van der Waals surface area contributed by atoms with Crippen LogP contribution >= 0.6 is 22.9 Å². The second-order valence-electron chi connectivity index (χ2n) is 6.06. The number of carbonyl (C=O) groups is 1. The summed E-state index contributed by atoms with van der Waals surface area (Å²) in [6.07, 6.45) is 0. The highest BCUT2D eigenvalue weighted by Gasteiger charge is 2.15.